The van der Waals surface area contributed by atoms with Crippen molar-refractivity contribution in [1.29, 1.82) is 0 Å². The van der Waals surface area contributed by atoms with Crippen molar-refractivity contribution in [3.63, 3.8) is 0 Å². The number of morpholine rings is 1. The van der Waals surface area contributed by atoms with Crippen molar-refractivity contribution in [3.05, 3.63) is 40.5 Å². The number of anilines is 1. The number of carbonyl (C=O) groups is 1. The summed E-state index contributed by atoms with van der Waals surface area (Å²) in [6, 6.07) is 6.55. The van der Waals surface area contributed by atoms with Gasteiger partial charge in [-0.15, -0.1) is 11.3 Å². The number of rotatable bonds is 8. The molecule has 1 atom stereocenters. The number of carbonyl (C=O) groups excluding carboxylic acids is 1. The van der Waals surface area contributed by atoms with E-state index in [1.165, 1.54) is 33.8 Å². The summed E-state index contributed by atoms with van der Waals surface area (Å²) < 4.78 is 48.8. The molecule has 2 aliphatic rings. The van der Waals surface area contributed by atoms with E-state index in [0.29, 0.717) is 58.7 Å². The summed E-state index contributed by atoms with van der Waals surface area (Å²) >= 11 is 8.25. The topological polar surface area (TPSA) is 83.1 Å². The summed E-state index contributed by atoms with van der Waals surface area (Å²) in [5.41, 5.74) is 0.605. The minimum atomic E-state index is -3.89. The molecule has 1 unspecified atom stereocenters. The van der Waals surface area contributed by atoms with E-state index in [1.54, 1.807) is 17.0 Å². The van der Waals surface area contributed by atoms with Crippen LogP contribution < -0.4 is 4.90 Å². The molecule has 4 heterocycles. The zero-order chi connectivity index (χ0) is 26.0. The van der Waals surface area contributed by atoms with Crippen molar-refractivity contribution in [1.82, 2.24) is 14.2 Å². The van der Waals surface area contributed by atoms with Crippen LogP contribution in [-0.4, -0.2) is 80.5 Å². The number of ether oxygens (including phenoxy) is 1. The van der Waals surface area contributed by atoms with Crippen LogP contribution in [0.3, 0.4) is 0 Å². The van der Waals surface area contributed by atoms with Crippen LogP contribution in [0.5, 0.6) is 0 Å². The highest BCUT2D eigenvalue weighted by atomic mass is 35.5. The lowest BCUT2D eigenvalue weighted by Crippen LogP contribution is -2.53. The molecule has 0 bridgehead atoms. The number of amides is 1. The summed E-state index contributed by atoms with van der Waals surface area (Å²) in [6.07, 6.45) is 2.55. The minimum absolute atomic E-state index is 0.131. The highest BCUT2D eigenvalue weighted by Gasteiger charge is 2.41. The third-order valence-corrected chi connectivity index (χ3v) is 11.3. The number of piperidine rings is 1. The molecule has 0 saturated carbocycles. The predicted molar refractivity (Wildman–Crippen MR) is 145 cm³/mol. The van der Waals surface area contributed by atoms with E-state index in [9.17, 15) is 17.6 Å². The van der Waals surface area contributed by atoms with Gasteiger partial charge in [0.25, 0.3) is 10.0 Å². The number of benzene rings is 1. The maximum Gasteiger partial charge on any atom is 0.253 e. The van der Waals surface area contributed by atoms with Crippen LogP contribution in [-0.2, 0) is 19.6 Å². The number of halogens is 2. The van der Waals surface area contributed by atoms with Crippen LogP contribution in [0.25, 0.3) is 10.2 Å². The molecular formula is C24H28ClFN4O4S3. The maximum absolute atomic E-state index is 14.1. The van der Waals surface area contributed by atoms with E-state index in [-0.39, 0.29) is 22.5 Å². The van der Waals surface area contributed by atoms with Gasteiger partial charge in [-0.3, -0.25) is 14.6 Å². The van der Waals surface area contributed by atoms with Crippen molar-refractivity contribution in [2.24, 2.45) is 0 Å². The lowest BCUT2D eigenvalue weighted by molar-refractivity contribution is -0.123. The van der Waals surface area contributed by atoms with E-state index < -0.39 is 16.1 Å². The number of thiazole rings is 1. The van der Waals surface area contributed by atoms with Crippen molar-refractivity contribution < 1.29 is 22.3 Å². The van der Waals surface area contributed by atoms with Gasteiger partial charge < -0.3 is 4.74 Å². The van der Waals surface area contributed by atoms with Crippen molar-refractivity contribution in [2.45, 2.75) is 35.9 Å². The fourth-order valence-corrected chi connectivity index (χ4v) is 9.04. The molecule has 8 nitrogen and oxygen atoms in total. The predicted octanol–water partition coefficient (Wildman–Crippen LogP) is 4.45. The summed E-state index contributed by atoms with van der Waals surface area (Å²) in [6.45, 7) is 4.49. The first-order chi connectivity index (χ1) is 17.8. The number of sulfonamides is 1. The third-order valence-electron chi connectivity index (χ3n) is 6.65. The van der Waals surface area contributed by atoms with Gasteiger partial charge in [-0.2, -0.15) is 4.31 Å². The fraction of sp³-hybridized carbons (Fsp3) is 0.500. The highest BCUT2D eigenvalue weighted by molar-refractivity contribution is 7.91. The van der Waals surface area contributed by atoms with Gasteiger partial charge in [0, 0.05) is 32.7 Å². The molecule has 1 aromatic carbocycles. The standard InChI is InChI=1S/C24H28ClFN4O4S3/c25-21-7-8-22(36-21)37(32,33)30-11-2-1-4-19(30)23(31)29(10-3-9-28-12-14-34-15-13-28)24-27-18-6-5-17(26)16-20(18)35-24/h5-8,16,19H,1-4,9-15H2. The Morgan fingerprint density at radius 1 is 1.16 bits per heavy atom. The van der Waals surface area contributed by atoms with Crippen LogP contribution in [0.1, 0.15) is 25.7 Å². The Balaban J connectivity index is 1.43. The number of aromatic nitrogens is 1. The Kier molecular flexibility index (Phi) is 8.44. The first-order valence-corrected chi connectivity index (χ1v) is 15.7. The first kappa shape index (κ1) is 26.9. The van der Waals surface area contributed by atoms with Gasteiger partial charge in [-0.1, -0.05) is 29.4 Å². The molecule has 3 aromatic rings. The lowest BCUT2D eigenvalue weighted by atomic mass is 10.0. The van der Waals surface area contributed by atoms with Crippen LogP contribution in [0, 0.1) is 5.82 Å². The molecule has 5 rings (SSSR count). The van der Waals surface area contributed by atoms with Gasteiger partial charge in [-0.05, 0) is 49.6 Å². The van der Waals surface area contributed by atoms with Crippen molar-refractivity contribution >= 4 is 65.6 Å². The molecule has 0 aliphatic carbocycles. The second-order valence-corrected chi connectivity index (χ2v) is 13.9. The molecule has 2 fully saturated rings. The molecule has 37 heavy (non-hydrogen) atoms. The normalized spacial score (nSPS) is 19.9. The Hall–Kier alpha value is -1.67. The Labute approximate surface area is 228 Å². The summed E-state index contributed by atoms with van der Waals surface area (Å²) in [4.78, 5) is 22.6. The molecule has 0 spiro atoms. The smallest absolute Gasteiger partial charge is 0.253 e. The summed E-state index contributed by atoms with van der Waals surface area (Å²) in [5, 5.41) is 0.453. The Bertz CT molecular complexity index is 1360. The number of thiophene rings is 1. The van der Waals surface area contributed by atoms with Gasteiger partial charge in [0.2, 0.25) is 5.91 Å². The van der Waals surface area contributed by atoms with E-state index in [0.717, 1.165) is 37.4 Å². The van der Waals surface area contributed by atoms with E-state index in [1.807, 2.05) is 0 Å². The molecule has 2 aromatic heterocycles. The average Bonchev–Trinajstić information content (AvgIpc) is 3.53. The quantitative estimate of drug-likeness (QED) is 0.388. The average molecular weight is 587 g/mol. The zero-order valence-electron chi connectivity index (χ0n) is 20.1. The maximum atomic E-state index is 14.1. The molecule has 2 saturated heterocycles. The van der Waals surface area contributed by atoms with Crippen LogP contribution in [0.4, 0.5) is 9.52 Å². The van der Waals surface area contributed by atoms with Crippen LogP contribution in [0.15, 0.2) is 34.5 Å². The largest absolute Gasteiger partial charge is 0.379 e. The molecule has 0 N–H and O–H groups in total. The van der Waals surface area contributed by atoms with Gasteiger partial charge in [0.05, 0.1) is 27.8 Å². The molecule has 0 radical (unpaired) electrons. The Morgan fingerprint density at radius 2 is 1.97 bits per heavy atom. The first-order valence-electron chi connectivity index (χ1n) is 12.3. The number of hydrogen-bond acceptors (Lipinski definition) is 8. The minimum Gasteiger partial charge on any atom is -0.379 e. The molecule has 200 valence electrons. The highest BCUT2D eigenvalue weighted by Crippen LogP contribution is 2.35. The number of hydrogen-bond donors (Lipinski definition) is 0. The van der Waals surface area contributed by atoms with Crippen molar-refractivity contribution in [3.8, 4) is 0 Å². The third kappa shape index (κ3) is 6.00. The second kappa shape index (κ2) is 11.6. The monoisotopic (exact) mass is 586 g/mol. The van der Waals surface area contributed by atoms with Gasteiger partial charge >= 0.3 is 0 Å². The molecule has 2 aliphatic heterocycles. The van der Waals surface area contributed by atoms with E-state index in [4.69, 9.17) is 16.3 Å². The van der Waals surface area contributed by atoms with Crippen LogP contribution >= 0.6 is 34.3 Å². The van der Waals surface area contributed by atoms with Crippen molar-refractivity contribution in [2.75, 3.05) is 50.8 Å². The fourth-order valence-electron chi connectivity index (χ4n) is 4.75. The van der Waals surface area contributed by atoms with E-state index in [2.05, 4.69) is 9.88 Å². The molecule has 1 amide bonds. The number of nitrogens with zero attached hydrogens (tertiary/aromatic N) is 4. The summed E-state index contributed by atoms with van der Waals surface area (Å²) in [7, 11) is -3.89. The molecular weight excluding hydrogens is 559 g/mol. The SMILES string of the molecule is O=C(C1CCCCN1S(=O)(=O)c1ccc(Cl)s1)N(CCCN1CCOCC1)c1nc2ccc(F)cc2s1. The van der Waals surface area contributed by atoms with Gasteiger partial charge in [0.15, 0.2) is 5.13 Å². The summed E-state index contributed by atoms with van der Waals surface area (Å²) in [5.74, 6) is -0.667. The molecule has 13 heteroatoms. The Morgan fingerprint density at radius 3 is 2.73 bits per heavy atom. The van der Waals surface area contributed by atoms with Gasteiger partial charge in [-0.25, -0.2) is 17.8 Å². The lowest BCUT2D eigenvalue weighted by Gasteiger charge is -2.36. The second-order valence-electron chi connectivity index (χ2n) is 9.09. The van der Waals surface area contributed by atoms with E-state index >= 15 is 0 Å². The zero-order valence-corrected chi connectivity index (χ0v) is 23.4. The number of fused-ring (bicyclic) bond motifs is 1. The van der Waals surface area contributed by atoms with Crippen LogP contribution in [0.2, 0.25) is 4.34 Å². The van der Waals surface area contributed by atoms with Gasteiger partial charge in [0.1, 0.15) is 16.1 Å².